The highest BCUT2D eigenvalue weighted by Gasteiger charge is 2.30. The molecule has 0 amide bonds. The zero-order valence-corrected chi connectivity index (χ0v) is 19.4. The summed E-state index contributed by atoms with van der Waals surface area (Å²) in [4.78, 5) is 27.9. The van der Waals surface area contributed by atoms with E-state index >= 15 is 0 Å². The molecule has 1 heterocycles. The van der Waals surface area contributed by atoms with Crippen LogP contribution in [0.4, 0.5) is 0 Å². The topological polar surface area (TPSA) is 52.6 Å². The zero-order valence-electron chi connectivity index (χ0n) is 18.6. The Morgan fingerprint density at radius 3 is 2.09 bits per heavy atom. The van der Waals surface area contributed by atoms with Crippen molar-refractivity contribution in [3.63, 3.8) is 0 Å². The number of ether oxygens (including phenoxy) is 2. The predicted molar refractivity (Wildman–Crippen MR) is 127 cm³/mol. The Bertz CT molecular complexity index is 1180. The van der Waals surface area contributed by atoms with Crippen LogP contribution in [0.2, 0.25) is 0 Å². The summed E-state index contributed by atoms with van der Waals surface area (Å²) in [6.45, 7) is 2.15. The van der Waals surface area contributed by atoms with Gasteiger partial charge in [-0.15, -0.1) is 0 Å². The van der Waals surface area contributed by atoms with Crippen LogP contribution in [0.1, 0.15) is 52.5 Å². The van der Waals surface area contributed by atoms with Gasteiger partial charge in [-0.05, 0) is 52.8 Å². The van der Waals surface area contributed by atoms with Crippen LogP contribution >= 0.6 is 11.8 Å². The molecule has 0 fully saturated rings. The number of fused-ring (bicyclic) bond motifs is 5. The van der Waals surface area contributed by atoms with Crippen LogP contribution in [0, 0.1) is 0 Å². The Labute approximate surface area is 192 Å². The minimum atomic E-state index is -0.533. The maximum absolute atomic E-state index is 12.9. The summed E-state index contributed by atoms with van der Waals surface area (Å²) in [5, 5.41) is 0. The number of unbranched alkanes of at least 4 members (excludes halogenated alkanes) is 2. The van der Waals surface area contributed by atoms with Crippen LogP contribution in [0.3, 0.4) is 0 Å². The summed E-state index contributed by atoms with van der Waals surface area (Å²) in [6, 6.07) is 18.3. The van der Waals surface area contributed by atoms with Crippen LogP contribution in [-0.2, 0) is 15.9 Å². The Kier molecular flexibility index (Phi) is 6.66. The molecule has 3 aromatic rings. The van der Waals surface area contributed by atoms with Crippen molar-refractivity contribution >= 4 is 23.7 Å². The minimum Gasteiger partial charge on any atom is -0.465 e. The van der Waals surface area contributed by atoms with Gasteiger partial charge in [-0.3, -0.25) is 0 Å². The second kappa shape index (κ2) is 9.61. The third kappa shape index (κ3) is 3.93. The van der Waals surface area contributed by atoms with E-state index in [1.807, 2.05) is 24.3 Å². The summed E-state index contributed by atoms with van der Waals surface area (Å²) in [5.41, 5.74) is 5.67. The number of hydrogen-bond donors (Lipinski definition) is 0. The molecule has 32 heavy (non-hydrogen) atoms. The van der Waals surface area contributed by atoms with Gasteiger partial charge in [-0.25, -0.2) is 9.59 Å². The lowest BCUT2D eigenvalue weighted by atomic mass is 9.88. The van der Waals surface area contributed by atoms with Crippen molar-refractivity contribution in [2.75, 3.05) is 14.2 Å². The van der Waals surface area contributed by atoms with Crippen molar-refractivity contribution < 1.29 is 19.1 Å². The van der Waals surface area contributed by atoms with Crippen molar-refractivity contribution in [2.24, 2.45) is 0 Å². The Balaban J connectivity index is 2.09. The van der Waals surface area contributed by atoms with E-state index in [-0.39, 0.29) is 5.56 Å². The second-order valence-electron chi connectivity index (χ2n) is 7.74. The third-order valence-electron chi connectivity index (χ3n) is 5.81. The van der Waals surface area contributed by atoms with Crippen molar-refractivity contribution in [3.8, 4) is 22.3 Å². The number of rotatable bonds is 6. The Morgan fingerprint density at radius 2 is 1.44 bits per heavy atom. The second-order valence-corrected chi connectivity index (χ2v) is 8.79. The highest BCUT2D eigenvalue weighted by Crippen LogP contribution is 2.50. The van der Waals surface area contributed by atoms with E-state index in [4.69, 9.17) is 9.47 Å². The standard InChI is InChI=1S/C27H26O4S/c1-4-5-6-14-20-24(27(29)31-3)22(26(28)30-2)16-21-18-12-8-7-11-17(18)19-13-9-10-15-23(19)32-25(20)21/h7-13,15-16H,4-6,14H2,1-3H3. The van der Waals surface area contributed by atoms with Crippen molar-refractivity contribution in [1.82, 2.24) is 0 Å². The molecule has 0 saturated heterocycles. The molecule has 1 aliphatic rings. The van der Waals surface area contributed by atoms with Gasteiger partial charge in [0.15, 0.2) is 0 Å². The van der Waals surface area contributed by atoms with Crippen LogP contribution in [0.15, 0.2) is 64.4 Å². The molecule has 0 radical (unpaired) electrons. The molecule has 0 aromatic heterocycles. The van der Waals surface area contributed by atoms with Gasteiger partial charge >= 0.3 is 11.9 Å². The summed E-state index contributed by atoms with van der Waals surface area (Å²) in [7, 11) is 2.69. The largest absolute Gasteiger partial charge is 0.465 e. The smallest absolute Gasteiger partial charge is 0.339 e. The molecule has 4 nitrogen and oxygen atoms in total. The van der Waals surface area contributed by atoms with Crippen LogP contribution in [-0.4, -0.2) is 26.2 Å². The maximum atomic E-state index is 12.9. The zero-order chi connectivity index (χ0) is 22.7. The highest BCUT2D eigenvalue weighted by atomic mass is 32.2. The molecular weight excluding hydrogens is 420 g/mol. The lowest BCUT2D eigenvalue weighted by Gasteiger charge is -2.20. The van der Waals surface area contributed by atoms with E-state index in [9.17, 15) is 9.59 Å². The van der Waals surface area contributed by atoms with Crippen LogP contribution < -0.4 is 0 Å². The SMILES string of the molecule is CCCCCc1c2c(cc(C(=O)OC)c1C(=O)OC)-c1ccccc1-c1ccccc1S2. The van der Waals surface area contributed by atoms with Gasteiger partial charge in [-0.2, -0.15) is 0 Å². The van der Waals surface area contributed by atoms with Crippen molar-refractivity contribution in [3.05, 3.63) is 71.3 Å². The molecule has 0 aliphatic carbocycles. The molecule has 0 unspecified atom stereocenters. The quantitative estimate of drug-likeness (QED) is 0.241. The van der Waals surface area contributed by atoms with Crippen LogP contribution in [0.5, 0.6) is 0 Å². The summed E-state index contributed by atoms with van der Waals surface area (Å²) < 4.78 is 10.2. The summed E-state index contributed by atoms with van der Waals surface area (Å²) in [6.07, 6.45) is 3.70. The molecule has 0 saturated carbocycles. The number of benzene rings is 3. The van der Waals surface area contributed by atoms with Gasteiger partial charge in [0.25, 0.3) is 0 Å². The van der Waals surface area contributed by atoms with Crippen molar-refractivity contribution in [1.29, 1.82) is 0 Å². The molecule has 1 aliphatic heterocycles. The first-order chi connectivity index (χ1) is 15.6. The first kappa shape index (κ1) is 22.2. The minimum absolute atomic E-state index is 0.256. The van der Waals surface area contributed by atoms with Gasteiger partial charge in [0.1, 0.15) is 0 Å². The fourth-order valence-corrected chi connectivity index (χ4v) is 5.54. The van der Waals surface area contributed by atoms with Gasteiger partial charge < -0.3 is 9.47 Å². The Hall–Kier alpha value is -3.05. The molecule has 0 atom stereocenters. The molecular formula is C27H26O4S. The van der Waals surface area contributed by atoms with Crippen molar-refractivity contribution in [2.45, 2.75) is 42.4 Å². The average molecular weight is 447 g/mol. The lowest BCUT2D eigenvalue weighted by Crippen LogP contribution is -2.16. The molecule has 0 bridgehead atoms. The molecule has 3 aromatic carbocycles. The molecule has 164 valence electrons. The molecule has 0 N–H and O–H groups in total. The average Bonchev–Trinajstić information content (AvgIpc) is 2.97. The molecule has 0 spiro atoms. The van der Waals surface area contributed by atoms with E-state index in [2.05, 4.69) is 31.2 Å². The predicted octanol–water partition coefficient (Wildman–Crippen LogP) is 6.79. The van der Waals surface area contributed by atoms with E-state index in [1.54, 1.807) is 17.8 Å². The first-order valence-electron chi connectivity index (χ1n) is 10.8. The number of esters is 2. The number of carbonyl (C=O) groups is 2. The highest BCUT2D eigenvalue weighted by molar-refractivity contribution is 7.99. The normalized spacial score (nSPS) is 11.6. The Morgan fingerprint density at radius 1 is 0.812 bits per heavy atom. The van der Waals surface area contributed by atoms with Crippen LogP contribution in [0.25, 0.3) is 22.3 Å². The fourth-order valence-electron chi connectivity index (χ4n) is 4.27. The van der Waals surface area contributed by atoms with E-state index < -0.39 is 11.9 Å². The lowest BCUT2D eigenvalue weighted by molar-refractivity contribution is 0.0554. The maximum Gasteiger partial charge on any atom is 0.339 e. The van der Waals surface area contributed by atoms with Gasteiger partial charge in [0.05, 0.1) is 25.3 Å². The van der Waals surface area contributed by atoms with E-state index in [0.29, 0.717) is 12.0 Å². The molecule has 4 rings (SSSR count). The molecule has 5 heteroatoms. The first-order valence-corrected chi connectivity index (χ1v) is 11.7. The fraction of sp³-hybridized carbons (Fsp3) is 0.259. The van der Waals surface area contributed by atoms with E-state index in [1.165, 1.54) is 14.2 Å². The number of hydrogen-bond acceptors (Lipinski definition) is 5. The number of methoxy groups -OCH3 is 2. The van der Waals surface area contributed by atoms with Gasteiger partial charge in [0, 0.05) is 9.79 Å². The monoisotopic (exact) mass is 446 g/mol. The number of carbonyl (C=O) groups excluding carboxylic acids is 2. The third-order valence-corrected chi connectivity index (χ3v) is 7.06. The van der Waals surface area contributed by atoms with Gasteiger partial charge in [-0.1, -0.05) is 74.0 Å². The van der Waals surface area contributed by atoms with Gasteiger partial charge in [0.2, 0.25) is 0 Å². The summed E-state index contributed by atoms with van der Waals surface area (Å²) in [5.74, 6) is -1.04. The van der Waals surface area contributed by atoms with E-state index in [0.717, 1.165) is 56.9 Å². The summed E-state index contributed by atoms with van der Waals surface area (Å²) >= 11 is 1.65.